The maximum Gasteiger partial charge on any atom is 0.293 e. The lowest BCUT2D eigenvalue weighted by atomic mass is 9.72. The molecule has 5 aromatic rings. The van der Waals surface area contributed by atoms with Crippen LogP contribution in [0.4, 0.5) is 17.1 Å². The largest absolute Gasteiger partial charge is 0.455 e. The number of sulfonamides is 1. The van der Waals surface area contributed by atoms with Crippen molar-refractivity contribution in [1.82, 2.24) is 24.9 Å². The van der Waals surface area contributed by atoms with Crippen molar-refractivity contribution < 1.29 is 22.9 Å². The van der Waals surface area contributed by atoms with Crippen LogP contribution in [0.5, 0.6) is 11.5 Å². The number of nitro groups is 1. The van der Waals surface area contributed by atoms with E-state index in [1.54, 1.807) is 30.5 Å². The second kappa shape index (κ2) is 16.7. The third kappa shape index (κ3) is 8.89. The molecule has 62 heavy (non-hydrogen) atoms. The van der Waals surface area contributed by atoms with Gasteiger partial charge < -0.3 is 25.3 Å². The average molecular weight is 879 g/mol. The molecule has 0 bridgehead atoms. The van der Waals surface area contributed by atoms with Gasteiger partial charge in [-0.15, -0.1) is 0 Å². The summed E-state index contributed by atoms with van der Waals surface area (Å²) < 4.78 is 36.1. The Kier molecular flexibility index (Phi) is 11.2. The SMILES string of the molecule is CC1(C)CCC(CN2CCN(c3ccc(C(=O)NS(=O)(=O)c4ccc(N[C@@]5(C6CC6)CCNC5)c([N+](=O)[O-])c4)c(Oc4cnc5[nH]ccc5c4)c3)CC2)=C(c2ccc(Cl)cc2)C1. The molecule has 2 aliphatic heterocycles. The smallest absolute Gasteiger partial charge is 0.293 e. The van der Waals surface area contributed by atoms with Crippen LogP contribution in [0.15, 0.2) is 95.7 Å². The molecular weight excluding hydrogens is 828 g/mol. The lowest BCUT2D eigenvalue weighted by Crippen LogP contribution is -2.47. The van der Waals surface area contributed by atoms with E-state index in [0.717, 1.165) is 100.0 Å². The first-order valence-electron chi connectivity index (χ1n) is 21.3. The molecule has 4 heterocycles. The van der Waals surface area contributed by atoms with Gasteiger partial charge >= 0.3 is 0 Å². The van der Waals surface area contributed by atoms with Crippen molar-refractivity contribution >= 4 is 61.2 Å². The molecule has 3 fully saturated rings. The Bertz CT molecular complexity index is 2670. The Balaban J connectivity index is 0.943. The lowest BCUT2D eigenvalue weighted by Gasteiger charge is -2.39. The number of hydrogen-bond acceptors (Lipinski definition) is 11. The number of hydrogen-bond donors (Lipinski definition) is 4. The number of H-pyrrole nitrogens is 1. The van der Waals surface area contributed by atoms with Gasteiger partial charge in [0.05, 0.1) is 27.1 Å². The number of piperazine rings is 1. The summed E-state index contributed by atoms with van der Waals surface area (Å²) in [4.78, 5) is 37.5. The van der Waals surface area contributed by atoms with Gasteiger partial charge in [-0.3, -0.25) is 19.8 Å². The first-order chi connectivity index (χ1) is 29.7. The molecule has 16 heteroatoms. The van der Waals surface area contributed by atoms with Crippen LogP contribution < -0.4 is 25.0 Å². The molecule has 324 valence electrons. The van der Waals surface area contributed by atoms with E-state index in [-0.39, 0.29) is 33.6 Å². The van der Waals surface area contributed by atoms with E-state index >= 15 is 0 Å². The van der Waals surface area contributed by atoms with Crippen molar-refractivity contribution in [3.05, 3.63) is 117 Å². The molecule has 0 radical (unpaired) electrons. The maximum atomic E-state index is 14.0. The van der Waals surface area contributed by atoms with Gasteiger partial charge in [-0.2, -0.15) is 0 Å². The van der Waals surface area contributed by atoms with Gasteiger partial charge in [0.2, 0.25) is 0 Å². The van der Waals surface area contributed by atoms with Gasteiger partial charge in [0.15, 0.2) is 0 Å². The quantitative estimate of drug-likeness (QED) is 0.0661. The lowest BCUT2D eigenvalue weighted by molar-refractivity contribution is -0.384. The van der Waals surface area contributed by atoms with E-state index in [4.69, 9.17) is 16.3 Å². The van der Waals surface area contributed by atoms with Crippen LogP contribution in [-0.2, 0) is 10.0 Å². The summed E-state index contributed by atoms with van der Waals surface area (Å²) in [5.41, 5.74) is 5.33. The number of nitro benzene ring substituents is 1. The highest BCUT2D eigenvalue weighted by atomic mass is 35.5. The monoisotopic (exact) mass is 878 g/mol. The van der Waals surface area contributed by atoms with E-state index in [1.165, 1.54) is 35.0 Å². The number of amides is 1. The highest BCUT2D eigenvalue weighted by molar-refractivity contribution is 7.90. The fourth-order valence-electron chi connectivity index (χ4n) is 9.32. The minimum Gasteiger partial charge on any atom is -0.455 e. The van der Waals surface area contributed by atoms with Crippen LogP contribution in [0.2, 0.25) is 5.02 Å². The Morgan fingerprint density at radius 3 is 2.53 bits per heavy atom. The Hall–Kier alpha value is -5.48. The fraction of sp³-hybridized carbons (Fsp3) is 0.391. The molecule has 1 amide bonds. The van der Waals surface area contributed by atoms with E-state index < -0.39 is 25.7 Å². The molecule has 0 spiro atoms. The van der Waals surface area contributed by atoms with Crippen LogP contribution in [0, 0.1) is 21.4 Å². The second-order valence-corrected chi connectivity index (χ2v) is 20.0. The minimum absolute atomic E-state index is 0.0279. The molecule has 4 aliphatic rings. The van der Waals surface area contributed by atoms with Crippen molar-refractivity contribution in [2.75, 3.05) is 56.0 Å². The number of fused-ring (bicyclic) bond motifs is 1. The van der Waals surface area contributed by atoms with Gasteiger partial charge in [0, 0.05) is 73.7 Å². The molecule has 2 aliphatic carbocycles. The first kappa shape index (κ1) is 41.9. The predicted molar refractivity (Wildman–Crippen MR) is 242 cm³/mol. The Labute approximate surface area is 366 Å². The number of allylic oxidation sites excluding steroid dienone is 1. The summed E-state index contributed by atoms with van der Waals surface area (Å²) in [6.07, 6.45) is 9.38. The van der Waals surface area contributed by atoms with E-state index in [1.807, 2.05) is 18.2 Å². The van der Waals surface area contributed by atoms with Crippen molar-refractivity contribution in [2.24, 2.45) is 11.3 Å². The summed E-state index contributed by atoms with van der Waals surface area (Å²) in [6.45, 7) is 10.1. The Morgan fingerprint density at radius 1 is 1.02 bits per heavy atom. The van der Waals surface area contributed by atoms with Crippen molar-refractivity contribution in [2.45, 2.75) is 62.8 Å². The number of nitrogens with zero attached hydrogens (tertiary/aromatic N) is 4. The zero-order valence-electron chi connectivity index (χ0n) is 34.9. The number of carbonyl (C=O) groups excluding carboxylic acids is 1. The third-order valence-corrected chi connectivity index (χ3v) is 14.6. The molecule has 9 rings (SSSR count). The van der Waals surface area contributed by atoms with Crippen LogP contribution in [0.1, 0.15) is 68.3 Å². The molecular formula is C46H51ClN8O6S. The van der Waals surface area contributed by atoms with E-state index in [0.29, 0.717) is 23.9 Å². The molecule has 2 saturated heterocycles. The molecule has 4 N–H and O–H groups in total. The number of ether oxygens (including phenoxy) is 1. The number of carbonyl (C=O) groups is 1. The zero-order valence-corrected chi connectivity index (χ0v) is 36.4. The summed E-state index contributed by atoms with van der Waals surface area (Å²) in [6, 6.07) is 20.6. The number of nitrogens with one attached hydrogen (secondary N) is 4. The average Bonchev–Trinajstić information content (AvgIpc) is 3.83. The van der Waals surface area contributed by atoms with Gasteiger partial charge in [0.25, 0.3) is 21.6 Å². The number of halogens is 1. The van der Waals surface area contributed by atoms with Crippen LogP contribution in [0.25, 0.3) is 16.6 Å². The number of benzene rings is 3. The summed E-state index contributed by atoms with van der Waals surface area (Å²) in [5, 5.41) is 20.6. The number of aromatic nitrogens is 2. The van der Waals surface area contributed by atoms with Crippen molar-refractivity contribution in [3.8, 4) is 11.5 Å². The van der Waals surface area contributed by atoms with Crippen LogP contribution in [0.3, 0.4) is 0 Å². The van der Waals surface area contributed by atoms with Gasteiger partial charge in [-0.05, 0) is 116 Å². The zero-order chi connectivity index (χ0) is 43.2. The van der Waals surface area contributed by atoms with E-state index in [9.17, 15) is 23.3 Å². The van der Waals surface area contributed by atoms with Gasteiger partial charge in [0.1, 0.15) is 22.8 Å². The second-order valence-electron chi connectivity index (χ2n) is 17.9. The molecule has 0 unspecified atom stereocenters. The summed E-state index contributed by atoms with van der Waals surface area (Å²) >= 11 is 6.24. The third-order valence-electron chi connectivity index (χ3n) is 13.0. The van der Waals surface area contributed by atoms with Gasteiger partial charge in [-0.1, -0.05) is 43.2 Å². The van der Waals surface area contributed by atoms with E-state index in [2.05, 4.69) is 61.1 Å². The first-order valence-corrected chi connectivity index (χ1v) is 23.1. The predicted octanol–water partition coefficient (Wildman–Crippen LogP) is 8.38. The molecule has 2 aromatic heterocycles. The number of aromatic amines is 1. The van der Waals surface area contributed by atoms with Crippen LogP contribution >= 0.6 is 11.6 Å². The number of pyridine rings is 1. The standard InChI is InChI=1S/C46H51ClN8O6S/c1-45(2)15-13-32(39(26-45)30-3-7-34(47)8-4-30)28-53-19-21-54(22-20-53)35-9-11-38(42(24-35)61-36-23-31-14-17-49-43(31)50-27-36)44(56)52-62(59,60)37-10-12-40(41(25-37)55(57)58)51-46(33-5-6-33)16-18-48-29-46/h3-4,7-12,14,17,23-25,27,33,48,51H,5-6,13,15-16,18-22,26,28-29H2,1-2H3,(H,49,50)(H,52,56)/t46-/m0/s1. The van der Waals surface area contributed by atoms with Crippen molar-refractivity contribution in [1.29, 1.82) is 0 Å². The molecule has 1 saturated carbocycles. The molecule has 1 atom stereocenters. The minimum atomic E-state index is -4.56. The highest BCUT2D eigenvalue weighted by Crippen LogP contribution is 2.46. The Morgan fingerprint density at radius 2 is 1.81 bits per heavy atom. The van der Waals surface area contributed by atoms with Crippen LogP contribution in [-0.4, -0.2) is 85.5 Å². The number of rotatable bonds is 13. The molecule has 14 nitrogen and oxygen atoms in total. The summed E-state index contributed by atoms with van der Waals surface area (Å²) in [5.74, 6) is -0.0588. The normalized spacial score (nSPS) is 20.7. The molecule has 3 aromatic carbocycles. The van der Waals surface area contributed by atoms with Gasteiger partial charge in [-0.25, -0.2) is 18.1 Å². The highest BCUT2D eigenvalue weighted by Gasteiger charge is 2.47. The maximum absolute atomic E-state index is 14.0. The topological polar surface area (TPSA) is 175 Å². The van der Waals surface area contributed by atoms with Crippen molar-refractivity contribution in [3.63, 3.8) is 0 Å². The number of anilines is 2. The summed E-state index contributed by atoms with van der Waals surface area (Å²) in [7, 11) is -4.56. The fourth-order valence-corrected chi connectivity index (χ4v) is 10.4.